The Hall–Kier alpha value is -2.24. The van der Waals surface area contributed by atoms with Crippen LogP contribution in [0.1, 0.15) is 27.7 Å². The predicted molar refractivity (Wildman–Crippen MR) is 79.9 cm³/mol. The van der Waals surface area contributed by atoms with Crippen molar-refractivity contribution in [2.45, 2.75) is 33.7 Å². The number of carbonyl (C=O) groups excluding carboxylic acids is 3. The van der Waals surface area contributed by atoms with Crippen LogP contribution in [0.25, 0.3) is 0 Å². The number of nitrogens with zero attached hydrogens (tertiary/aromatic N) is 2. The Morgan fingerprint density at radius 1 is 1.18 bits per heavy atom. The molecule has 0 N–H and O–H groups in total. The minimum Gasteiger partial charge on any atom is -0.297 e. The molecule has 0 aromatic heterocycles. The van der Waals surface area contributed by atoms with Gasteiger partial charge in [-0.05, 0) is 31.2 Å². The molecular weight excluding hydrogens is 287 g/mol. The van der Waals surface area contributed by atoms with E-state index in [4.69, 9.17) is 0 Å². The lowest BCUT2D eigenvalue weighted by atomic mass is 9.90. The summed E-state index contributed by atoms with van der Waals surface area (Å²) in [6.45, 7) is 6.55. The molecule has 0 saturated carbocycles. The monoisotopic (exact) mass is 306 g/mol. The van der Waals surface area contributed by atoms with Gasteiger partial charge in [-0.15, -0.1) is 0 Å². The highest BCUT2D eigenvalue weighted by Crippen LogP contribution is 2.27. The van der Waals surface area contributed by atoms with Crippen molar-refractivity contribution in [1.29, 1.82) is 0 Å². The van der Waals surface area contributed by atoms with Crippen molar-refractivity contribution in [3.63, 3.8) is 0 Å². The van der Waals surface area contributed by atoms with E-state index in [1.54, 1.807) is 27.7 Å². The quantitative estimate of drug-likeness (QED) is 0.807. The highest BCUT2D eigenvalue weighted by molar-refractivity contribution is 6.15. The van der Waals surface area contributed by atoms with Gasteiger partial charge in [0.05, 0.1) is 6.54 Å². The number of hydrogen-bond acceptors (Lipinski definition) is 3. The average molecular weight is 306 g/mol. The molecule has 1 aromatic carbocycles. The lowest BCUT2D eigenvalue weighted by Gasteiger charge is -2.21. The van der Waals surface area contributed by atoms with Crippen LogP contribution in [0, 0.1) is 11.2 Å². The van der Waals surface area contributed by atoms with Crippen molar-refractivity contribution in [1.82, 2.24) is 4.90 Å². The van der Waals surface area contributed by atoms with Crippen molar-refractivity contribution in [3.8, 4) is 0 Å². The highest BCUT2D eigenvalue weighted by atomic mass is 19.1. The Labute approximate surface area is 128 Å². The maximum absolute atomic E-state index is 13.0. The fraction of sp³-hybridized carbons (Fsp3) is 0.438. The van der Waals surface area contributed by atoms with Crippen LogP contribution in [0.15, 0.2) is 24.3 Å². The van der Waals surface area contributed by atoms with E-state index in [1.165, 1.54) is 29.2 Å². The van der Waals surface area contributed by atoms with Crippen LogP contribution in [0.3, 0.4) is 0 Å². The van der Waals surface area contributed by atoms with Gasteiger partial charge < -0.3 is 0 Å². The summed E-state index contributed by atoms with van der Waals surface area (Å²) < 4.78 is 13.0. The summed E-state index contributed by atoms with van der Waals surface area (Å²) in [6.07, 6.45) is 0. The third-order valence-corrected chi connectivity index (χ3v) is 3.69. The molecule has 1 heterocycles. The van der Waals surface area contributed by atoms with E-state index >= 15 is 0 Å². The summed E-state index contributed by atoms with van der Waals surface area (Å²) >= 11 is 0. The number of rotatable bonds is 3. The molecule has 6 heteroatoms. The number of carbonyl (C=O) groups is 3. The third kappa shape index (κ3) is 2.86. The Morgan fingerprint density at radius 3 is 2.23 bits per heavy atom. The van der Waals surface area contributed by atoms with E-state index in [0.29, 0.717) is 5.69 Å². The van der Waals surface area contributed by atoms with E-state index < -0.39 is 29.2 Å². The van der Waals surface area contributed by atoms with Gasteiger partial charge in [0, 0.05) is 11.1 Å². The third-order valence-electron chi connectivity index (χ3n) is 3.69. The van der Waals surface area contributed by atoms with E-state index in [-0.39, 0.29) is 12.3 Å². The van der Waals surface area contributed by atoms with Gasteiger partial charge in [0.2, 0.25) is 0 Å². The summed E-state index contributed by atoms with van der Waals surface area (Å²) in [7, 11) is 0. The topological polar surface area (TPSA) is 57.7 Å². The Bertz CT molecular complexity index is 619. The number of imide groups is 1. The molecule has 22 heavy (non-hydrogen) atoms. The van der Waals surface area contributed by atoms with Gasteiger partial charge >= 0.3 is 6.03 Å². The summed E-state index contributed by atoms with van der Waals surface area (Å²) in [6, 6.07) is 4.05. The largest absolute Gasteiger partial charge is 0.332 e. The molecule has 1 unspecified atom stereocenters. The first-order chi connectivity index (χ1) is 10.1. The van der Waals surface area contributed by atoms with E-state index in [1.807, 2.05) is 0 Å². The molecule has 0 radical (unpaired) electrons. The molecule has 1 fully saturated rings. The predicted octanol–water partition coefficient (Wildman–Crippen LogP) is 2.60. The second-order valence-electron chi connectivity index (χ2n) is 6.40. The van der Waals surface area contributed by atoms with Gasteiger partial charge in [-0.3, -0.25) is 19.4 Å². The molecule has 2 rings (SSSR count). The van der Waals surface area contributed by atoms with Gasteiger partial charge in [-0.1, -0.05) is 20.8 Å². The Balaban J connectivity index is 2.26. The van der Waals surface area contributed by atoms with Gasteiger partial charge in [-0.2, -0.15) is 0 Å². The molecule has 1 aliphatic heterocycles. The SMILES string of the molecule is CC1C(=O)N(CC(=O)C(C)(C)C)C(=O)N1c1ccc(F)cc1. The van der Waals surface area contributed by atoms with Crippen LogP contribution >= 0.6 is 0 Å². The summed E-state index contributed by atoms with van der Waals surface area (Å²) in [5.41, 5.74) is -0.203. The fourth-order valence-corrected chi connectivity index (χ4v) is 2.19. The van der Waals surface area contributed by atoms with Crippen LogP contribution in [-0.2, 0) is 9.59 Å². The van der Waals surface area contributed by atoms with Crippen LogP contribution in [-0.4, -0.2) is 35.2 Å². The van der Waals surface area contributed by atoms with Crippen molar-refractivity contribution in [2.75, 3.05) is 11.4 Å². The van der Waals surface area contributed by atoms with Crippen molar-refractivity contribution < 1.29 is 18.8 Å². The molecule has 1 aromatic rings. The Kier molecular flexibility index (Phi) is 4.04. The van der Waals surface area contributed by atoms with Crippen LogP contribution in [0.4, 0.5) is 14.9 Å². The smallest absolute Gasteiger partial charge is 0.297 e. The number of urea groups is 1. The van der Waals surface area contributed by atoms with Gasteiger partial charge in [0.15, 0.2) is 5.78 Å². The molecule has 0 spiro atoms. The molecular formula is C16H19FN2O3. The van der Waals surface area contributed by atoms with E-state index in [2.05, 4.69) is 0 Å². The van der Waals surface area contributed by atoms with Gasteiger partial charge in [0.1, 0.15) is 11.9 Å². The van der Waals surface area contributed by atoms with Crippen LogP contribution < -0.4 is 4.90 Å². The number of Topliss-reactive ketones (excluding diaryl/α,β-unsaturated/α-hetero) is 1. The summed E-state index contributed by atoms with van der Waals surface area (Å²) in [5, 5.41) is 0. The zero-order valence-corrected chi connectivity index (χ0v) is 13.1. The number of hydrogen-bond donors (Lipinski definition) is 0. The molecule has 1 aliphatic rings. The zero-order chi connectivity index (χ0) is 16.7. The minimum atomic E-state index is -0.717. The first kappa shape index (κ1) is 16.1. The fourth-order valence-electron chi connectivity index (χ4n) is 2.19. The lowest BCUT2D eigenvalue weighted by molar-refractivity contribution is -0.134. The highest BCUT2D eigenvalue weighted by Gasteiger charge is 2.44. The maximum atomic E-state index is 13.0. The molecule has 0 aliphatic carbocycles. The van der Waals surface area contributed by atoms with E-state index in [0.717, 1.165) is 4.90 Å². The standard InChI is InChI=1S/C16H19FN2O3/c1-10-14(21)18(9-13(20)16(2,3)4)15(22)19(10)12-7-5-11(17)6-8-12/h5-8,10H,9H2,1-4H3. The Morgan fingerprint density at radius 2 is 1.73 bits per heavy atom. The summed E-state index contributed by atoms with van der Waals surface area (Å²) in [5.74, 6) is -1.04. The molecule has 1 atom stereocenters. The second-order valence-corrected chi connectivity index (χ2v) is 6.40. The number of anilines is 1. The first-order valence-corrected chi connectivity index (χ1v) is 7.06. The maximum Gasteiger partial charge on any atom is 0.332 e. The molecule has 0 bridgehead atoms. The van der Waals surface area contributed by atoms with Gasteiger partial charge in [-0.25, -0.2) is 9.18 Å². The van der Waals surface area contributed by atoms with Crippen molar-refractivity contribution in [2.24, 2.45) is 5.41 Å². The molecule has 118 valence electrons. The second kappa shape index (κ2) is 5.51. The molecule has 3 amide bonds. The van der Waals surface area contributed by atoms with Crippen molar-refractivity contribution >= 4 is 23.4 Å². The lowest BCUT2D eigenvalue weighted by Crippen LogP contribution is -2.40. The first-order valence-electron chi connectivity index (χ1n) is 7.06. The number of halogens is 1. The van der Waals surface area contributed by atoms with E-state index in [9.17, 15) is 18.8 Å². The molecule has 5 nitrogen and oxygen atoms in total. The number of ketones is 1. The average Bonchev–Trinajstić information content (AvgIpc) is 2.63. The van der Waals surface area contributed by atoms with Crippen LogP contribution in [0.5, 0.6) is 0 Å². The minimum absolute atomic E-state index is 0.192. The number of amides is 3. The van der Waals surface area contributed by atoms with Gasteiger partial charge in [0.25, 0.3) is 5.91 Å². The number of benzene rings is 1. The normalized spacial score (nSPS) is 19.0. The zero-order valence-electron chi connectivity index (χ0n) is 13.1. The van der Waals surface area contributed by atoms with Crippen LogP contribution in [0.2, 0.25) is 0 Å². The summed E-state index contributed by atoms with van der Waals surface area (Å²) in [4.78, 5) is 39.1. The van der Waals surface area contributed by atoms with Crippen molar-refractivity contribution in [3.05, 3.63) is 30.1 Å². The molecule has 1 saturated heterocycles.